The van der Waals surface area contributed by atoms with Gasteiger partial charge in [-0.25, -0.2) is 13.6 Å². The molecule has 0 saturated heterocycles. The van der Waals surface area contributed by atoms with Gasteiger partial charge in [-0.15, -0.1) is 0 Å². The lowest BCUT2D eigenvalue weighted by atomic mass is 10.2. The van der Waals surface area contributed by atoms with Crippen LogP contribution < -0.4 is 0 Å². The van der Waals surface area contributed by atoms with Gasteiger partial charge in [0.05, 0.1) is 5.56 Å². The first-order chi connectivity index (χ1) is 11.4. The second-order valence-corrected chi connectivity index (χ2v) is 6.00. The van der Waals surface area contributed by atoms with Gasteiger partial charge in [0, 0.05) is 18.1 Å². The van der Waals surface area contributed by atoms with Gasteiger partial charge in [-0.2, -0.15) is 0 Å². The van der Waals surface area contributed by atoms with Crippen molar-refractivity contribution in [2.45, 2.75) is 6.54 Å². The number of esters is 1. The quantitative estimate of drug-likeness (QED) is 0.724. The largest absolute Gasteiger partial charge is 0.452 e. The fourth-order valence-corrected chi connectivity index (χ4v) is 2.33. The number of hydrogen-bond donors (Lipinski definition) is 0. The van der Waals surface area contributed by atoms with Crippen LogP contribution >= 0.6 is 15.9 Å². The third kappa shape index (κ3) is 4.86. The van der Waals surface area contributed by atoms with Gasteiger partial charge in [-0.05, 0) is 35.9 Å². The summed E-state index contributed by atoms with van der Waals surface area (Å²) in [7, 11) is 1.50. The van der Waals surface area contributed by atoms with Crippen molar-refractivity contribution in [1.29, 1.82) is 0 Å². The fourth-order valence-electron chi connectivity index (χ4n) is 1.97. The van der Waals surface area contributed by atoms with Gasteiger partial charge in [-0.1, -0.05) is 28.1 Å². The van der Waals surface area contributed by atoms with Crippen molar-refractivity contribution in [3.63, 3.8) is 0 Å². The molecule has 0 N–H and O–H groups in total. The minimum Gasteiger partial charge on any atom is -0.452 e. The number of nitrogens with zero attached hydrogens (tertiary/aromatic N) is 1. The number of halogens is 3. The summed E-state index contributed by atoms with van der Waals surface area (Å²) in [6.07, 6.45) is 0. The topological polar surface area (TPSA) is 46.6 Å². The lowest BCUT2D eigenvalue weighted by Crippen LogP contribution is -2.31. The van der Waals surface area contributed by atoms with Crippen molar-refractivity contribution < 1.29 is 23.1 Å². The molecule has 0 aliphatic heterocycles. The molecular weight excluding hydrogens is 384 g/mol. The van der Waals surface area contributed by atoms with Crippen LogP contribution in [0.15, 0.2) is 46.9 Å². The number of rotatable bonds is 5. The molecule has 24 heavy (non-hydrogen) atoms. The summed E-state index contributed by atoms with van der Waals surface area (Å²) in [6, 6.07) is 9.68. The first-order valence-corrected chi connectivity index (χ1v) is 7.76. The molecule has 0 heterocycles. The van der Waals surface area contributed by atoms with E-state index in [2.05, 4.69) is 15.9 Å². The minimum atomic E-state index is -0.929. The zero-order chi connectivity index (χ0) is 17.7. The predicted octanol–water partition coefficient (Wildman–Crippen LogP) is 3.54. The molecule has 0 radical (unpaired) electrons. The molecular formula is C17H14BrF2NO3. The molecule has 2 aromatic rings. The fraction of sp³-hybridized carbons (Fsp3) is 0.176. The van der Waals surface area contributed by atoms with Crippen LogP contribution in [0.5, 0.6) is 0 Å². The van der Waals surface area contributed by atoms with Crippen LogP contribution in [0.4, 0.5) is 8.78 Å². The van der Waals surface area contributed by atoms with Crippen LogP contribution in [-0.4, -0.2) is 30.4 Å². The highest BCUT2D eigenvalue weighted by molar-refractivity contribution is 9.10. The van der Waals surface area contributed by atoms with E-state index in [1.54, 1.807) is 12.1 Å². The van der Waals surface area contributed by atoms with Gasteiger partial charge >= 0.3 is 5.97 Å². The van der Waals surface area contributed by atoms with E-state index in [1.807, 2.05) is 0 Å². The molecule has 0 fully saturated rings. The van der Waals surface area contributed by atoms with Crippen molar-refractivity contribution in [2.75, 3.05) is 13.7 Å². The molecule has 2 aromatic carbocycles. The molecule has 4 nitrogen and oxygen atoms in total. The second-order valence-electron chi connectivity index (χ2n) is 5.08. The second kappa shape index (κ2) is 8.01. The zero-order valence-electron chi connectivity index (χ0n) is 12.8. The maximum Gasteiger partial charge on any atom is 0.341 e. The molecule has 7 heteroatoms. The van der Waals surface area contributed by atoms with Crippen molar-refractivity contribution in [1.82, 2.24) is 4.90 Å². The average Bonchev–Trinajstić information content (AvgIpc) is 2.54. The smallest absolute Gasteiger partial charge is 0.341 e. The number of carbonyl (C=O) groups is 2. The van der Waals surface area contributed by atoms with Gasteiger partial charge in [-0.3, -0.25) is 4.79 Å². The first-order valence-electron chi connectivity index (χ1n) is 6.97. The number of amides is 1. The molecule has 0 spiro atoms. The molecule has 0 unspecified atom stereocenters. The number of benzene rings is 2. The summed E-state index contributed by atoms with van der Waals surface area (Å²) < 4.78 is 32.1. The Labute approximate surface area is 146 Å². The van der Waals surface area contributed by atoms with E-state index in [-0.39, 0.29) is 12.1 Å². The summed E-state index contributed by atoms with van der Waals surface area (Å²) in [5, 5.41) is 0. The van der Waals surface area contributed by atoms with Crippen LogP contribution in [0, 0.1) is 11.6 Å². The molecule has 0 aliphatic rings. The van der Waals surface area contributed by atoms with E-state index < -0.39 is 30.1 Å². The molecule has 1 amide bonds. The van der Waals surface area contributed by atoms with Gasteiger partial charge < -0.3 is 9.64 Å². The summed E-state index contributed by atoms with van der Waals surface area (Å²) in [5.41, 5.74) is 0.347. The Morgan fingerprint density at radius 2 is 1.92 bits per heavy atom. The highest BCUT2D eigenvalue weighted by atomic mass is 79.9. The Kier molecular flexibility index (Phi) is 6.03. The van der Waals surface area contributed by atoms with Crippen molar-refractivity contribution in [3.05, 3.63) is 69.7 Å². The summed E-state index contributed by atoms with van der Waals surface area (Å²) >= 11 is 3.13. The van der Waals surface area contributed by atoms with E-state index in [1.165, 1.54) is 36.2 Å². The standard InChI is InChI=1S/C17H14BrF2NO3/c1-21(9-11-3-2-4-13(19)7-11)16(22)10-24-17(23)14-8-12(18)5-6-15(14)20/h2-8H,9-10H2,1H3. The van der Waals surface area contributed by atoms with Crippen molar-refractivity contribution in [2.24, 2.45) is 0 Å². The van der Waals surface area contributed by atoms with E-state index in [4.69, 9.17) is 4.74 Å². The van der Waals surface area contributed by atoms with Crippen LogP contribution in [-0.2, 0) is 16.1 Å². The highest BCUT2D eigenvalue weighted by Crippen LogP contribution is 2.16. The maximum atomic E-state index is 13.6. The van der Waals surface area contributed by atoms with E-state index in [9.17, 15) is 18.4 Å². The number of ether oxygens (including phenoxy) is 1. The monoisotopic (exact) mass is 397 g/mol. The summed E-state index contributed by atoms with van der Waals surface area (Å²) in [5.74, 6) is -2.54. The van der Waals surface area contributed by atoms with Crippen LogP contribution in [0.3, 0.4) is 0 Å². The van der Waals surface area contributed by atoms with E-state index >= 15 is 0 Å². The van der Waals surface area contributed by atoms with Crippen molar-refractivity contribution in [3.8, 4) is 0 Å². The normalized spacial score (nSPS) is 10.3. The molecule has 126 valence electrons. The third-order valence-electron chi connectivity index (χ3n) is 3.21. The van der Waals surface area contributed by atoms with Crippen LogP contribution in [0.2, 0.25) is 0 Å². The SMILES string of the molecule is CN(Cc1cccc(F)c1)C(=O)COC(=O)c1cc(Br)ccc1F. The summed E-state index contributed by atoms with van der Waals surface area (Å²) in [4.78, 5) is 25.1. The minimum absolute atomic E-state index is 0.166. The Hall–Kier alpha value is -2.28. The highest BCUT2D eigenvalue weighted by Gasteiger charge is 2.17. The number of likely N-dealkylation sites (N-methyl/N-ethyl adjacent to an activating group) is 1. The number of hydrogen-bond acceptors (Lipinski definition) is 3. The van der Waals surface area contributed by atoms with Gasteiger partial charge in [0.1, 0.15) is 11.6 Å². The average molecular weight is 398 g/mol. The van der Waals surface area contributed by atoms with Gasteiger partial charge in [0.2, 0.25) is 0 Å². The maximum absolute atomic E-state index is 13.6. The van der Waals surface area contributed by atoms with E-state index in [0.717, 1.165) is 6.07 Å². The van der Waals surface area contributed by atoms with Crippen LogP contribution in [0.25, 0.3) is 0 Å². The molecule has 2 rings (SSSR count). The third-order valence-corrected chi connectivity index (χ3v) is 3.70. The Balaban J connectivity index is 1.92. The van der Waals surface area contributed by atoms with Crippen LogP contribution in [0.1, 0.15) is 15.9 Å². The van der Waals surface area contributed by atoms with E-state index in [0.29, 0.717) is 10.0 Å². The molecule has 0 aromatic heterocycles. The molecule has 0 atom stereocenters. The predicted molar refractivity (Wildman–Crippen MR) is 87.3 cm³/mol. The molecule has 0 bridgehead atoms. The lowest BCUT2D eigenvalue weighted by molar-refractivity contribution is -0.133. The Morgan fingerprint density at radius 3 is 2.62 bits per heavy atom. The molecule has 0 aliphatic carbocycles. The Morgan fingerprint density at radius 1 is 1.17 bits per heavy atom. The number of carbonyl (C=O) groups excluding carboxylic acids is 2. The first kappa shape index (κ1) is 18.1. The van der Waals surface area contributed by atoms with Gasteiger partial charge in [0.25, 0.3) is 5.91 Å². The zero-order valence-corrected chi connectivity index (χ0v) is 14.3. The lowest BCUT2D eigenvalue weighted by Gasteiger charge is -2.17. The molecule has 0 saturated carbocycles. The van der Waals surface area contributed by atoms with Crippen molar-refractivity contribution >= 4 is 27.8 Å². The summed E-state index contributed by atoms with van der Waals surface area (Å²) in [6.45, 7) is -0.365. The van der Waals surface area contributed by atoms with Gasteiger partial charge in [0.15, 0.2) is 6.61 Å². The Bertz CT molecular complexity index is 767.